The maximum absolute atomic E-state index is 4.57. The van der Waals surface area contributed by atoms with Crippen LogP contribution in [0.2, 0.25) is 0 Å². The van der Waals surface area contributed by atoms with Crippen LogP contribution in [0.4, 0.5) is 23.4 Å². The lowest BCUT2D eigenvalue weighted by Crippen LogP contribution is -2.04. The van der Waals surface area contributed by atoms with Crippen LogP contribution in [0.15, 0.2) is 66.9 Å². The molecule has 0 aliphatic rings. The van der Waals surface area contributed by atoms with Gasteiger partial charge >= 0.3 is 0 Å². The van der Waals surface area contributed by atoms with Crippen molar-refractivity contribution >= 4 is 34.4 Å². The summed E-state index contributed by atoms with van der Waals surface area (Å²) in [6, 6.07) is 19.7. The number of aryl methyl sites for hydroxylation is 1. The molecule has 0 spiro atoms. The Hall–Kier alpha value is -3.41. The summed E-state index contributed by atoms with van der Waals surface area (Å²) in [6.45, 7) is 0. The van der Waals surface area contributed by atoms with Crippen molar-refractivity contribution in [1.82, 2.24) is 19.5 Å². The summed E-state index contributed by atoms with van der Waals surface area (Å²) in [7, 11) is 1.96. The molecule has 6 heteroatoms. The fourth-order valence-corrected chi connectivity index (χ4v) is 2.52. The fourth-order valence-electron chi connectivity index (χ4n) is 2.52. The highest BCUT2D eigenvalue weighted by molar-refractivity contribution is 5.79. The Bertz CT molecular complexity index is 977. The van der Waals surface area contributed by atoms with Crippen molar-refractivity contribution in [3.05, 3.63) is 66.9 Å². The third kappa shape index (κ3) is 2.77. The number of hydrogen-bond acceptors (Lipinski definition) is 5. The number of hydrogen-bond donors (Lipinski definition) is 2. The van der Waals surface area contributed by atoms with Crippen molar-refractivity contribution in [2.45, 2.75) is 0 Å². The smallest absolute Gasteiger partial charge is 0.231 e. The minimum atomic E-state index is 0.495. The summed E-state index contributed by atoms with van der Waals surface area (Å²) in [5.41, 5.74) is 2.96. The van der Waals surface area contributed by atoms with Crippen molar-refractivity contribution in [2.75, 3.05) is 10.6 Å². The molecule has 0 saturated heterocycles. The molecule has 0 radical (unpaired) electrons. The summed E-state index contributed by atoms with van der Waals surface area (Å²) < 4.78 is 1.98. The number of anilines is 4. The summed E-state index contributed by atoms with van der Waals surface area (Å²) in [6.07, 6.45) is 1.71. The van der Waals surface area contributed by atoms with Crippen molar-refractivity contribution in [3.63, 3.8) is 0 Å². The quantitative estimate of drug-likeness (QED) is 0.598. The first-order chi connectivity index (χ1) is 11.8. The third-order valence-corrected chi connectivity index (χ3v) is 3.71. The molecule has 24 heavy (non-hydrogen) atoms. The molecule has 2 heterocycles. The molecule has 0 saturated carbocycles. The monoisotopic (exact) mass is 316 g/mol. The van der Waals surface area contributed by atoms with Gasteiger partial charge in [0.25, 0.3) is 0 Å². The van der Waals surface area contributed by atoms with Gasteiger partial charge < -0.3 is 9.88 Å². The number of para-hydroxylation sites is 3. The van der Waals surface area contributed by atoms with Crippen LogP contribution < -0.4 is 10.6 Å². The molecule has 2 N–H and O–H groups in total. The second-order valence-corrected chi connectivity index (χ2v) is 5.36. The van der Waals surface area contributed by atoms with Gasteiger partial charge in [0.2, 0.25) is 11.9 Å². The SMILES string of the molecule is Cn1c(Nc2nccc(Nc3ccccc3)n2)nc2ccccc21. The van der Waals surface area contributed by atoms with Crippen molar-refractivity contribution in [3.8, 4) is 0 Å². The predicted molar refractivity (Wildman–Crippen MR) is 95.8 cm³/mol. The zero-order chi connectivity index (χ0) is 16.4. The van der Waals surface area contributed by atoms with Crippen molar-refractivity contribution in [2.24, 2.45) is 7.05 Å². The zero-order valence-electron chi connectivity index (χ0n) is 13.1. The maximum atomic E-state index is 4.57. The number of imidazole rings is 1. The molecular formula is C18H16N6. The van der Waals surface area contributed by atoms with E-state index in [1.54, 1.807) is 6.20 Å². The van der Waals surface area contributed by atoms with Gasteiger partial charge in [0, 0.05) is 18.9 Å². The Kier molecular flexibility index (Phi) is 3.55. The molecule has 6 nitrogen and oxygen atoms in total. The van der Waals surface area contributed by atoms with Crippen LogP contribution in [0.3, 0.4) is 0 Å². The molecule has 0 bridgehead atoms. The number of benzene rings is 2. The highest BCUT2D eigenvalue weighted by Gasteiger charge is 2.08. The second kappa shape index (κ2) is 6.00. The van der Waals surface area contributed by atoms with Gasteiger partial charge in [0.15, 0.2) is 0 Å². The van der Waals surface area contributed by atoms with Gasteiger partial charge in [-0.2, -0.15) is 4.98 Å². The van der Waals surface area contributed by atoms with E-state index in [-0.39, 0.29) is 0 Å². The molecule has 2 aromatic heterocycles. The average Bonchev–Trinajstić information content (AvgIpc) is 2.92. The molecule has 0 fully saturated rings. The molecule has 0 unspecified atom stereocenters. The van der Waals surface area contributed by atoms with E-state index in [2.05, 4.69) is 25.6 Å². The van der Waals surface area contributed by atoms with Gasteiger partial charge in [-0.05, 0) is 30.3 Å². The number of rotatable bonds is 4. The van der Waals surface area contributed by atoms with E-state index in [1.807, 2.05) is 72.3 Å². The predicted octanol–water partition coefficient (Wildman–Crippen LogP) is 3.85. The summed E-state index contributed by atoms with van der Waals surface area (Å²) in [5, 5.41) is 6.43. The van der Waals surface area contributed by atoms with Crippen molar-refractivity contribution in [1.29, 1.82) is 0 Å². The number of fused-ring (bicyclic) bond motifs is 1. The maximum Gasteiger partial charge on any atom is 0.231 e. The standard InChI is InChI=1S/C18H16N6/c1-24-15-10-6-5-9-14(15)21-18(24)23-17-19-12-11-16(22-17)20-13-7-3-2-4-8-13/h2-12H,1H3,(H2,19,20,21,22,23). The van der Waals surface area contributed by atoms with E-state index in [0.717, 1.165) is 22.5 Å². The van der Waals surface area contributed by atoms with Crippen LogP contribution in [0.1, 0.15) is 0 Å². The lowest BCUT2D eigenvalue weighted by Gasteiger charge is -2.08. The topological polar surface area (TPSA) is 67.7 Å². The van der Waals surface area contributed by atoms with Gasteiger partial charge in [0.05, 0.1) is 11.0 Å². The average molecular weight is 316 g/mol. The first kappa shape index (κ1) is 14.2. The molecule has 2 aromatic carbocycles. The molecule has 0 aliphatic heterocycles. The van der Waals surface area contributed by atoms with Crippen LogP contribution >= 0.6 is 0 Å². The van der Waals surface area contributed by atoms with E-state index in [1.165, 1.54) is 0 Å². The normalized spacial score (nSPS) is 10.7. The number of nitrogens with zero attached hydrogens (tertiary/aromatic N) is 4. The minimum Gasteiger partial charge on any atom is -0.340 e. The molecule has 4 aromatic rings. The van der Waals surface area contributed by atoms with Gasteiger partial charge in [-0.3, -0.25) is 5.32 Å². The largest absolute Gasteiger partial charge is 0.340 e. The fraction of sp³-hybridized carbons (Fsp3) is 0.0556. The lowest BCUT2D eigenvalue weighted by atomic mass is 10.3. The van der Waals surface area contributed by atoms with E-state index in [0.29, 0.717) is 11.9 Å². The lowest BCUT2D eigenvalue weighted by molar-refractivity contribution is 0.950. The van der Waals surface area contributed by atoms with Crippen LogP contribution in [0.25, 0.3) is 11.0 Å². The molecule has 0 atom stereocenters. The second-order valence-electron chi connectivity index (χ2n) is 5.36. The summed E-state index contributed by atoms with van der Waals surface area (Å²) >= 11 is 0. The van der Waals surface area contributed by atoms with Gasteiger partial charge in [-0.1, -0.05) is 30.3 Å². The summed E-state index contributed by atoms with van der Waals surface area (Å²) in [5.74, 6) is 1.92. The van der Waals surface area contributed by atoms with E-state index in [9.17, 15) is 0 Å². The van der Waals surface area contributed by atoms with Gasteiger partial charge in [0.1, 0.15) is 5.82 Å². The van der Waals surface area contributed by atoms with Crippen LogP contribution in [-0.4, -0.2) is 19.5 Å². The number of nitrogens with one attached hydrogen (secondary N) is 2. The summed E-state index contributed by atoms with van der Waals surface area (Å²) in [4.78, 5) is 13.3. The van der Waals surface area contributed by atoms with E-state index >= 15 is 0 Å². The first-order valence-electron chi connectivity index (χ1n) is 7.63. The highest BCUT2D eigenvalue weighted by atomic mass is 15.3. The Balaban J connectivity index is 1.60. The highest BCUT2D eigenvalue weighted by Crippen LogP contribution is 2.21. The van der Waals surface area contributed by atoms with Gasteiger partial charge in [-0.15, -0.1) is 0 Å². The number of aromatic nitrogens is 4. The van der Waals surface area contributed by atoms with E-state index < -0.39 is 0 Å². The first-order valence-corrected chi connectivity index (χ1v) is 7.63. The molecule has 4 rings (SSSR count). The molecular weight excluding hydrogens is 300 g/mol. The molecule has 0 aliphatic carbocycles. The Morgan fingerprint density at radius 1 is 0.833 bits per heavy atom. The van der Waals surface area contributed by atoms with Gasteiger partial charge in [-0.25, -0.2) is 9.97 Å². The third-order valence-electron chi connectivity index (χ3n) is 3.71. The molecule has 118 valence electrons. The van der Waals surface area contributed by atoms with Crippen LogP contribution in [0.5, 0.6) is 0 Å². The van der Waals surface area contributed by atoms with Crippen molar-refractivity contribution < 1.29 is 0 Å². The minimum absolute atomic E-state index is 0.495. The van der Waals surface area contributed by atoms with E-state index in [4.69, 9.17) is 0 Å². The Morgan fingerprint density at radius 3 is 2.46 bits per heavy atom. The molecule has 0 amide bonds. The van der Waals surface area contributed by atoms with Crippen LogP contribution in [0, 0.1) is 0 Å². The Labute approximate surface area is 139 Å². The van der Waals surface area contributed by atoms with Crippen LogP contribution in [-0.2, 0) is 7.05 Å². The zero-order valence-corrected chi connectivity index (χ0v) is 13.1. The Morgan fingerprint density at radius 2 is 1.62 bits per heavy atom.